The lowest BCUT2D eigenvalue weighted by atomic mass is 9.93. The van der Waals surface area contributed by atoms with Gasteiger partial charge in [0.25, 0.3) is 0 Å². The lowest BCUT2D eigenvalue weighted by Gasteiger charge is -2.29. The minimum atomic E-state index is -3.25. The van der Waals surface area contributed by atoms with Gasteiger partial charge in [0.05, 0.1) is 18.9 Å². The highest BCUT2D eigenvalue weighted by molar-refractivity contribution is 7.88. The highest BCUT2D eigenvalue weighted by Crippen LogP contribution is 2.38. The number of fused-ring (bicyclic) bond motifs is 1. The second-order valence-electron chi connectivity index (χ2n) is 5.14. The fourth-order valence-corrected chi connectivity index (χ4v) is 3.17. The van der Waals surface area contributed by atoms with Crippen LogP contribution in [0.15, 0.2) is 12.1 Å². The van der Waals surface area contributed by atoms with Crippen LogP contribution < -0.4 is 15.2 Å². The molecule has 1 aromatic rings. The third-order valence-corrected chi connectivity index (χ3v) is 3.88. The van der Waals surface area contributed by atoms with E-state index in [1.807, 2.05) is 26.0 Å². The Hall–Kier alpha value is -1.11. The molecule has 2 atom stereocenters. The number of rotatable bonds is 3. The number of sulfonamides is 1. The first-order valence-electron chi connectivity index (χ1n) is 6.28. The number of aryl methyl sites for hydroxylation is 1. The summed E-state index contributed by atoms with van der Waals surface area (Å²) in [6.45, 7) is 4.35. The summed E-state index contributed by atoms with van der Waals surface area (Å²) in [5, 5.41) is 0. The summed E-state index contributed by atoms with van der Waals surface area (Å²) in [5.41, 5.74) is 8.82. The molecule has 2 rings (SSSR count). The molecule has 1 heterocycles. The van der Waals surface area contributed by atoms with E-state index >= 15 is 0 Å². The Bertz CT molecular complexity index is 582. The largest absolute Gasteiger partial charge is 0.493 e. The Morgan fingerprint density at radius 2 is 2.16 bits per heavy atom. The number of ether oxygens (including phenoxy) is 1. The summed E-state index contributed by atoms with van der Waals surface area (Å²) in [7, 11) is -3.25. The van der Waals surface area contributed by atoms with Crippen molar-refractivity contribution in [1.82, 2.24) is 4.72 Å². The van der Waals surface area contributed by atoms with Crippen LogP contribution in [0.3, 0.4) is 0 Å². The minimum absolute atomic E-state index is 0.148. The summed E-state index contributed by atoms with van der Waals surface area (Å²) in [6, 6.07) is 3.57. The van der Waals surface area contributed by atoms with Gasteiger partial charge in [-0.05, 0) is 13.8 Å². The fourth-order valence-electron chi connectivity index (χ4n) is 2.41. The maximum absolute atomic E-state index is 11.4. The van der Waals surface area contributed by atoms with Gasteiger partial charge in [-0.2, -0.15) is 0 Å². The maximum atomic E-state index is 11.4. The van der Waals surface area contributed by atoms with E-state index in [9.17, 15) is 8.42 Å². The Labute approximate surface area is 114 Å². The molecule has 19 heavy (non-hydrogen) atoms. The van der Waals surface area contributed by atoms with Crippen molar-refractivity contribution in [2.45, 2.75) is 32.4 Å². The maximum Gasteiger partial charge on any atom is 0.209 e. The number of nitrogens with two attached hydrogens (primary N) is 1. The molecule has 0 saturated carbocycles. The van der Waals surface area contributed by atoms with Crippen molar-refractivity contribution < 1.29 is 13.2 Å². The summed E-state index contributed by atoms with van der Waals surface area (Å²) < 4.78 is 31.2. The normalized spacial score (nSPS) is 20.5. The van der Waals surface area contributed by atoms with Crippen LogP contribution in [0.4, 0.5) is 0 Å². The number of hydrogen-bond donors (Lipinski definition) is 2. The van der Waals surface area contributed by atoms with Crippen LogP contribution in [0.5, 0.6) is 5.75 Å². The fraction of sp³-hybridized carbons (Fsp3) is 0.538. The van der Waals surface area contributed by atoms with Gasteiger partial charge in [-0.25, -0.2) is 13.1 Å². The first-order valence-corrected chi connectivity index (χ1v) is 8.17. The minimum Gasteiger partial charge on any atom is -0.493 e. The predicted octanol–water partition coefficient (Wildman–Crippen LogP) is 1.39. The van der Waals surface area contributed by atoms with Gasteiger partial charge in [0.15, 0.2) is 0 Å². The van der Waals surface area contributed by atoms with Gasteiger partial charge in [-0.3, -0.25) is 0 Å². The molecule has 3 N–H and O–H groups in total. The zero-order chi connectivity index (χ0) is 14.2. The number of hydrogen-bond acceptors (Lipinski definition) is 4. The Kier molecular flexibility index (Phi) is 3.85. The monoisotopic (exact) mass is 284 g/mol. The third kappa shape index (κ3) is 3.26. The lowest BCUT2D eigenvalue weighted by molar-refractivity contribution is 0.259. The molecule has 5 nitrogen and oxygen atoms in total. The quantitative estimate of drug-likeness (QED) is 0.878. The first-order chi connectivity index (χ1) is 8.78. The molecular formula is C13H20N2O3S. The molecule has 106 valence electrons. The third-order valence-electron chi connectivity index (χ3n) is 3.17. The molecule has 1 aliphatic heterocycles. The van der Waals surface area contributed by atoms with Crippen molar-refractivity contribution in [2.75, 3.05) is 12.9 Å². The molecule has 0 bridgehead atoms. The summed E-state index contributed by atoms with van der Waals surface area (Å²) in [5.74, 6) is 0.730. The van der Waals surface area contributed by atoms with E-state index in [1.54, 1.807) is 0 Å². The van der Waals surface area contributed by atoms with E-state index in [0.717, 1.165) is 22.4 Å². The van der Waals surface area contributed by atoms with E-state index < -0.39 is 10.0 Å². The van der Waals surface area contributed by atoms with Crippen LogP contribution in [0.1, 0.15) is 42.1 Å². The Morgan fingerprint density at radius 1 is 1.47 bits per heavy atom. The van der Waals surface area contributed by atoms with Crippen molar-refractivity contribution in [2.24, 2.45) is 5.73 Å². The summed E-state index contributed by atoms with van der Waals surface area (Å²) in [4.78, 5) is 0. The molecule has 0 aromatic heterocycles. The van der Waals surface area contributed by atoms with Crippen molar-refractivity contribution in [3.8, 4) is 5.75 Å². The summed E-state index contributed by atoms with van der Waals surface area (Å²) in [6.07, 6.45) is 1.80. The zero-order valence-electron chi connectivity index (χ0n) is 11.4. The molecule has 1 aliphatic rings. The SMILES string of the molecule is Cc1cc(C(C)N)c2c(c1)C(NS(C)(=O)=O)CCO2. The lowest BCUT2D eigenvalue weighted by Crippen LogP contribution is -2.32. The van der Waals surface area contributed by atoms with E-state index in [2.05, 4.69) is 4.72 Å². The summed E-state index contributed by atoms with van der Waals surface area (Å²) >= 11 is 0. The van der Waals surface area contributed by atoms with Crippen molar-refractivity contribution in [1.29, 1.82) is 0 Å². The standard InChI is InChI=1S/C13H20N2O3S/c1-8-6-10(9(2)14)13-11(7-8)12(4-5-18-13)15-19(3,16)17/h6-7,9,12,15H,4-5,14H2,1-3H3. The molecule has 1 aromatic carbocycles. The molecule has 0 fully saturated rings. The molecule has 0 aliphatic carbocycles. The Morgan fingerprint density at radius 3 is 2.74 bits per heavy atom. The highest BCUT2D eigenvalue weighted by atomic mass is 32.2. The average molecular weight is 284 g/mol. The number of nitrogens with one attached hydrogen (secondary N) is 1. The zero-order valence-corrected chi connectivity index (χ0v) is 12.3. The molecule has 0 radical (unpaired) electrons. The predicted molar refractivity (Wildman–Crippen MR) is 74.6 cm³/mol. The van der Waals surface area contributed by atoms with Crippen molar-refractivity contribution in [3.05, 3.63) is 28.8 Å². The number of benzene rings is 1. The van der Waals surface area contributed by atoms with E-state index in [-0.39, 0.29) is 12.1 Å². The second kappa shape index (κ2) is 5.11. The van der Waals surface area contributed by atoms with E-state index in [0.29, 0.717) is 13.0 Å². The van der Waals surface area contributed by atoms with Gasteiger partial charge in [-0.1, -0.05) is 17.7 Å². The van der Waals surface area contributed by atoms with Gasteiger partial charge < -0.3 is 10.5 Å². The van der Waals surface area contributed by atoms with Crippen LogP contribution in [-0.4, -0.2) is 21.3 Å². The highest BCUT2D eigenvalue weighted by Gasteiger charge is 2.27. The topological polar surface area (TPSA) is 81.4 Å². The van der Waals surface area contributed by atoms with Gasteiger partial charge >= 0.3 is 0 Å². The van der Waals surface area contributed by atoms with Gasteiger partial charge in [0.1, 0.15) is 5.75 Å². The van der Waals surface area contributed by atoms with Crippen LogP contribution in [0.2, 0.25) is 0 Å². The van der Waals surface area contributed by atoms with E-state index in [4.69, 9.17) is 10.5 Å². The molecule has 0 spiro atoms. The van der Waals surface area contributed by atoms with Crippen LogP contribution in [0.25, 0.3) is 0 Å². The van der Waals surface area contributed by atoms with Gasteiger partial charge in [0.2, 0.25) is 10.0 Å². The van der Waals surface area contributed by atoms with Crippen LogP contribution in [0, 0.1) is 6.92 Å². The van der Waals surface area contributed by atoms with Gasteiger partial charge in [-0.15, -0.1) is 0 Å². The van der Waals surface area contributed by atoms with Crippen LogP contribution in [-0.2, 0) is 10.0 Å². The van der Waals surface area contributed by atoms with Crippen molar-refractivity contribution >= 4 is 10.0 Å². The molecule has 0 amide bonds. The van der Waals surface area contributed by atoms with Crippen molar-refractivity contribution in [3.63, 3.8) is 0 Å². The second-order valence-corrected chi connectivity index (χ2v) is 6.92. The van der Waals surface area contributed by atoms with Gasteiger partial charge in [0, 0.05) is 23.6 Å². The average Bonchev–Trinajstić information content (AvgIpc) is 2.27. The smallest absolute Gasteiger partial charge is 0.209 e. The molecule has 2 unspecified atom stereocenters. The van der Waals surface area contributed by atoms with Crippen LogP contribution >= 0.6 is 0 Å². The molecule has 6 heteroatoms. The van der Waals surface area contributed by atoms with E-state index in [1.165, 1.54) is 6.26 Å². The molecular weight excluding hydrogens is 264 g/mol. The Balaban J connectivity index is 2.49. The molecule has 0 saturated heterocycles. The first kappa shape index (κ1) is 14.3.